The Morgan fingerprint density at radius 3 is 2.30 bits per heavy atom. The Morgan fingerprint density at radius 1 is 1.04 bits per heavy atom. The molecule has 1 aliphatic rings. The Kier molecular flexibility index (Phi) is 6.77. The normalized spacial score (nSPS) is 16.1. The average Bonchev–Trinajstić information content (AvgIpc) is 2.57. The summed E-state index contributed by atoms with van der Waals surface area (Å²) >= 11 is 0. The largest absolute Gasteiger partial charge is 0.490 e. The molecule has 1 aromatic rings. The first kappa shape index (κ1) is 20.7. The van der Waals surface area contributed by atoms with Gasteiger partial charge >= 0.3 is 5.97 Å². The number of Topliss-reactive ketones (excluding diaryl/α,β-unsaturated/α-hetero) is 2. The van der Waals surface area contributed by atoms with Crippen LogP contribution in [0.4, 0.5) is 0 Å². The quantitative estimate of drug-likeness (QED) is 0.414. The van der Waals surface area contributed by atoms with Crippen LogP contribution in [0.15, 0.2) is 23.8 Å². The van der Waals surface area contributed by atoms with Gasteiger partial charge in [-0.15, -0.1) is 0 Å². The second-order valence-corrected chi connectivity index (χ2v) is 7.16. The lowest BCUT2D eigenvalue weighted by Crippen LogP contribution is -2.31. The number of ether oxygens (including phenoxy) is 3. The van der Waals surface area contributed by atoms with Crippen LogP contribution in [0, 0.1) is 5.41 Å². The number of rotatable bonds is 7. The number of allylic oxidation sites excluding steroid dienone is 1. The maximum absolute atomic E-state index is 12.3. The molecule has 2 rings (SSSR count). The van der Waals surface area contributed by atoms with Gasteiger partial charge in [-0.3, -0.25) is 9.59 Å². The van der Waals surface area contributed by atoms with E-state index in [0.29, 0.717) is 36.5 Å². The van der Waals surface area contributed by atoms with Crippen molar-refractivity contribution in [1.82, 2.24) is 0 Å². The summed E-state index contributed by atoms with van der Waals surface area (Å²) in [6.07, 6.45) is 2.30. The van der Waals surface area contributed by atoms with E-state index in [1.54, 1.807) is 31.2 Å². The molecule has 0 bridgehead atoms. The number of esters is 1. The van der Waals surface area contributed by atoms with Gasteiger partial charge in [0.1, 0.15) is 0 Å². The summed E-state index contributed by atoms with van der Waals surface area (Å²) in [5, 5.41) is 0. The van der Waals surface area contributed by atoms with E-state index in [1.807, 2.05) is 20.8 Å². The van der Waals surface area contributed by atoms with Crippen LogP contribution in [0.5, 0.6) is 11.5 Å². The minimum Gasteiger partial charge on any atom is -0.490 e. The molecule has 0 heterocycles. The monoisotopic (exact) mass is 374 g/mol. The van der Waals surface area contributed by atoms with Crippen LogP contribution in [-0.4, -0.2) is 37.4 Å². The third-order valence-electron chi connectivity index (χ3n) is 4.11. The number of ketones is 2. The predicted octanol–water partition coefficient (Wildman–Crippen LogP) is 3.37. The van der Waals surface area contributed by atoms with E-state index < -0.39 is 5.97 Å². The van der Waals surface area contributed by atoms with Gasteiger partial charge in [0.15, 0.2) is 29.7 Å². The summed E-state index contributed by atoms with van der Waals surface area (Å²) in [5.74, 6) is 0.0857. The first-order valence-corrected chi connectivity index (χ1v) is 9.09. The number of hydrogen-bond donors (Lipinski definition) is 0. The Labute approximate surface area is 159 Å². The van der Waals surface area contributed by atoms with E-state index >= 15 is 0 Å². The molecule has 0 amide bonds. The Balaban J connectivity index is 2.23. The lowest BCUT2D eigenvalue weighted by atomic mass is 9.74. The molecule has 0 N–H and O–H groups in total. The van der Waals surface area contributed by atoms with Crippen LogP contribution in [0.3, 0.4) is 0 Å². The van der Waals surface area contributed by atoms with Gasteiger partial charge in [0.25, 0.3) is 0 Å². The van der Waals surface area contributed by atoms with Crippen molar-refractivity contribution in [2.45, 2.75) is 40.5 Å². The van der Waals surface area contributed by atoms with Crippen molar-refractivity contribution in [2.24, 2.45) is 5.41 Å². The highest BCUT2D eigenvalue weighted by atomic mass is 16.6. The van der Waals surface area contributed by atoms with Crippen molar-refractivity contribution in [1.29, 1.82) is 0 Å². The highest BCUT2D eigenvalue weighted by Gasteiger charge is 2.35. The highest BCUT2D eigenvalue weighted by Crippen LogP contribution is 2.35. The highest BCUT2D eigenvalue weighted by molar-refractivity contribution is 6.25. The fraction of sp³-hybridized carbons (Fsp3) is 0.476. The van der Waals surface area contributed by atoms with Crippen molar-refractivity contribution in [2.75, 3.05) is 19.8 Å². The van der Waals surface area contributed by atoms with Gasteiger partial charge in [0.2, 0.25) is 0 Å². The average molecular weight is 374 g/mol. The minimum atomic E-state index is -0.466. The van der Waals surface area contributed by atoms with Gasteiger partial charge in [0, 0.05) is 12.8 Å². The number of carbonyl (C=O) groups excluding carboxylic acids is 3. The molecule has 6 heteroatoms. The van der Waals surface area contributed by atoms with Crippen molar-refractivity contribution < 1.29 is 28.6 Å². The zero-order valence-electron chi connectivity index (χ0n) is 16.3. The fourth-order valence-electron chi connectivity index (χ4n) is 2.95. The van der Waals surface area contributed by atoms with Gasteiger partial charge < -0.3 is 14.2 Å². The summed E-state index contributed by atoms with van der Waals surface area (Å²) in [6.45, 7) is 7.86. The molecule has 1 fully saturated rings. The topological polar surface area (TPSA) is 78.9 Å². The molecule has 1 aromatic carbocycles. The third-order valence-corrected chi connectivity index (χ3v) is 4.11. The SMILES string of the molecule is CCOC(=O)COc1ccc(C=C2C(=O)CC(C)(C)CC2=O)cc1OCC. The maximum atomic E-state index is 12.3. The van der Waals surface area contributed by atoms with Crippen LogP contribution in [0.1, 0.15) is 46.1 Å². The minimum absolute atomic E-state index is 0.142. The van der Waals surface area contributed by atoms with Crippen LogP contribution < -0.4 is 9.47 Å². The molecule has 146 valence electrons. The molecule has 0 atom stereocenters. The van der Waals surface area contributed by atoms with Crippen LogP contribution in [-0.2, 0) is 19.1 Å². The van der Waals surface area contributed by atoms with E-state index in [-0.39, 0.29) is 35.8 Å². The molecule has 27 heavy (non-hydrogen) atoms. The lowest BCUT2D eigenvalue weighted by molar-refractivity contribution is -0.145. The molecule has 6 nitrogen and oxygen atoms in total. The molecule has 0 aliphatic heterocycles. The fourth-order valence-corrected chi connectivity index (χ4v) is 2.95. The van der Waals surface area contributed by atoms with Crippen LogP contribution >= 0.6 is 0 Å². The van der Waals surface area contributed by atoms with E-state index in [2.05, 4.69) is 0 Å². The van der Waals surface area contributed by atoms with Crippen molar-refractivity contribution in [3.05, 3.63) is 29.3 Å². The first-order chi connectivity index (χ1) is 12.8. The Hall–Kier alpha value is -2.63. The number of benzene rings is 1. The molecule has 0 spiro atoms. The van der Waals surface area contributed by atoms with Gasteiger partial charge in [-0.1, -0.05) is 19.9 Å². The Morgan fingerprint density at radius 2 is 1.70 bits per heavy atom. The lowest BCUT2D eigenvalue weighted by Gasteiger charge is -2.28. The summed E-state index contributed by atoms with van der Waals surface area (Å²) in [4.78, 5) is 36.2. The molecular weight excluding hydrogens is 348 g/mol. The molecule has 1 saturated carbocycles. The second kappa shape index (κ2) is 8.84. The molecule has 0 radical (unpaired) electrons. The maximum Gasteiger partial charge on any atom is 0.344 e. The second-order valence-electron chi connectivity index (χ2n) is 7.16. The van der Waals surface area contributed by atoms with E-state index in [1.165, 1.54) is 0 Å². The van der Waals surface area contributed by atoms with E-state index in [0.717, 1.165) is 0 Å². The smallest absolute Gasteiger partial charge is 0.344 e. The number of hydrogen-bond acceptors (Lipinski definition) is 6. The van der Waals surface area contributed by atoms with Gasteiger partial charge in [-0.05, 0) is 43.0 Å². The standard InChI is InChI=1S/C21H26O6/c1-5-25-19-10-14(7-8-18(19)27-13-20(24)26-6-2)9-15-16(22)11-21(3,4)12-17(15)23/h7-10H,5-6,11-13H2,1-4H3. The summed E-state index contributed by atoms with van der Waals surface area (Å²) in [6, 6.07) is 5.06. The van der Waals surface area contributed by atoms with E-state index in [9.17, 15) is 14.4 Å². The molecule has 1 aliphatic carbocycles. The zero-order valence-corrected chi connectivity index (χ0v) is 16.3. The van der Waals surface area contributed by atoms with Gasteiger partial charge in [-0.2, -0.15) is 0 Å². The van der Waals surface area contributed by atoms with Crippen molar-refractivity contribution in [3.63, 3.8) is 0 Å². The summed E-state index contributed by atoms with van der Waals surface area (Å²) in [5.41, 5.74) is 0.586. The molecular formula is C21H26O6. The first-order valence-electron chi connectivity index (χ1n) is 9.09. The Bertz CT molecular complexity index is 738. The molecule has 0 aromatic heterocycles. The predicted molar refractivity (Wildman–Crippen MR) is 101 cm³/mol. The summed E-state index contributed by atoms with van der Waals surface area (Å²) in [7, 11) is 0. The van der Waals surface area contributed by atoms with E-state index in [4.69, 9.17) is 14.2 Å². The summed E-state index contributed by atoms with van der Waals surface area (Å²) < 4.78 is 15.9. The molecule has 0 unspecified atom stereocenters. The molecule has 0 saturated heterocycles. The van der Waals surface area contributed by atoms with Gasteiger partial charge in [0.05, 0.1) is 18.8 Å². The number of carbonyl (C=O) groups is 3. The zero-order chi connectivity index (χ0) is 20.0. The van der Waals surface area contributed by atoms with Crippen molar-refractivity contribution >= 4 is 23.6 Å². The van der Waals surface area contributed by atoms with Crippen LogP contribution in [0.25, 0.3) is 6.08 Å². The van der Waals surface area contributed by atoms with Crippen LogP contribution in [0.2, 0.25) is 0 Å². The van der Waals surface area contributed by atoms with Crippen molar-refractivity contribution in [3.8, 4) is 11.5 Å². The van der Waals surface area contributed by atoms with Gasteiger partial charge in [-0.25, -0.2) is 4.79 Å². The third kappa shape index (κ3) is 5.67.